The van der Waals surface area contributed by atoms with Gasteiger partial charge in [0, 0.05) is 23.8 Å². The van der Waals surface area contributed by atoms with Gasteiger partial charge in [0.2, 0.25) is 15.9 Å². The van der Waals surface area contributed by atoms with Gasteiger partial charge in [0.15, 0.2) is 0 Å². The maximum atomic E-state index is 12.9. The van der Waals surface area contributed by atoms with E-state index in [-0.39, 0.29) is 10.8 Å². The molecule has 8 heteroatoms. The van der Waals surface area contributed by atoms with E-state index in [2.05, 4.69) is 10.2 Å². The van der Waals surface area contributed by atoms with E-state index in [0.29, 0.717) is 37.6 Å². The number of piperidine rings is 1. The predicted octanol–water partition coefficient (Wildman–Crippen LogP) is 2.46. The first-order valence-electron chi connectivity index (χ1n) is 8.80. The second-order valence-electron chi connectivity index (χ2n) is 6.82. The highest BCUT2D eigenvalue weighted by Crippen LogP contribution is 2.37. The van der Waals surface area contributed by atoms with Gasteiger partial charge in [-0.3, -0.25) is 4.79 Å². The minimum absolute atomic E-state index is 0.0325. The molecule has 0 aromatic heterocycles. The molecule has 2 fully saturated rings. The van der Waals surface area contributed by atoms with Crippen molar-refractivity contribution in [3.8, 4) is 0 Å². The van der Waals surface area contributed by atoms with Crippen LogP contribution in [0, 0.1) is 0 Å². The molecule has 4 rings (SSSR count). The Hall–Kier alpha value is -2.09. The summed E-state index contributed by atoms with van der Waals surface area (Å²) >= 11 is 5.86. The highest BCUT2D eigenvalue weighted by Gasteiger charge is 2.51. The molecule has 0 saturated carbocycles. The Bertz CT molecular complexity index is 940. The topological polar surface area (TPSA) is 69.7 Å². The molecule has 0 radical (unpaired) electrons. The van der Waals surface area contributed by atoms with Crippen molar-refractivity contribution < 1.29 is 13.2 Å². The summed E-state index contributed by atoms with van der Waals surface area (Å²) < 4.78 is 27.3. The average molecular weight is 406 g/mol. The summed E-state index contributed by atoms with van der Waals surface area (Å²) in [5, 5.41) is 3.42. The number of para-hydroxylation sites is 1. The lowest BCUT2D eigenvalue weighted by Gasteiger charge is -2.42. The summed E-state index contributed by atoms with van der Waals surface area (Å²) in [6.45, 7) is 1.02. The maximum absolute atomic E-state index is 12.9. The highest BCUT2D eigenvalue weighted by atomic mass is 35.5. The van der Waals surface area contributed by atoms with Gasteiger partial charge in [0.25, 0.3) is 0 Å². The number of amides is 1. The van der Waals surface area contributed by atoms with Gasteiger partial charge in [0.05, 0.1) is 11.6 Å². The van der Waals surface area contributed by atoms with Crippen LogP contribution in [0.1, 0.15) is 12.8 Å². The highest BCUT2D eigenvalue weighted by molar-refractivity contribution is 7.89. The zero-order valence-electron chi connectivity index (χ0n) is 14.6. The van der Waals surface area contributed by atoms with E-state index in [0.717, 1.165) is 5.69 Å². The molecule has 0 unspecified atom stereocenters. The summed E-state index contributed by atoms with van der Waals surface area (Å²) in [5.41, 5.74) is 0.262. The third-order valence-corrected chi connectivity index (χ3v) is 7.57. The summed E-state index contributed by atoms with van der Waals surface area (Å²) in [4.78, 5) is 14.9. The first kappa shape index (κ1) is 18.3. The minimum atomic E-state index is -3.60. The fraction of sp³-hybridized carbons (Fsp3) is 0.316. The van der Waals surface area contributed by atoms with Gasteiger partial charge >= 0.3 is 0 Å². The first-order valence-corrected chi connectivity index (χ1v) is 10.6. The van der Waals surface area contributed by atoms with Crippen molar-refractivity contribution in [2.75, 3.05) is 24.7 Å². The van der Waals surface area contributed by atoms with Gasteiger partial charge in [-0.2, -0.15) is 4.31 Å². The molecular weight excluding hydrogens is 386 g/mol. The van der Waals surface area contributed by atoms with E-state index in [1.54, 1.807) is 12.1 Å². The van der Waals surface area contributed by atoms with Crippen LogP contribution in [0.5, 0.6) is 0 Å². The van der Waals surface area contributed by atoms with Crippen molar-refractivity contribution in [2.24, 2.45) is 0 Å². The van der Waals surface area contributed by atoms with Gasteiger partial charge in [-0.15, -0.1) is 0 Å². The Morgan fingerprint density at radius 3 is 2.22 bits per heavy atom. The summed E-state index contributed by atoms with van der Waals surface area (Å²) in [7, 11) is -3.60. The normalized spacial score (nSPS) is 20.0. The van der Waals surface area contributed by atoms with Gasteiger partial charge in [-0.05, 0) is 49.2 Å². The summed E-state index contributed by atoms with van der Waals surface area (Å²) in [6, 6.07) is 15.9. The number of halogens is 1. The minimum Gasteiger partial charge on any atom is -0.339 e. The van der Waals surface area contributed by atoms with E-state index in [1.165, 1.54) is 16.4 Å². The number of carbonyl (C=O) groups excluding carboxylic acids is 1. The molecule has 142 valence electrons. The number of hydrogen-bond donors (Lipinski definition) is 1. The van der Waals surface area contributed by atoms with E-state index >= 15 is 0 Å². The molecule has 6 nitrogen and oxygen atoms in total. The van der Waals surface area contributed by atoms with Crippen molar-refractivity contribution in [1.82, 2.24) is 9.62 Å². The third-order valence-electron chi connectivity index (χ3n) is 5.41. The van der Waals surface area contributed by atoms with Crippen molar-refractivity contribution >= 4 is 33.2 Å². The van der Waals surface area contributed by atoms with Crippen molar-refractivity contribution in [3.63, 3.8) is 0 Å². The van der Waals surface area contributed by atoms with Crippen LogP contribution < -0.4 is 10.2 Å². The van der Waals surface area contributed by atoms with Crippen LogP contribution >= 0.6 is 11.6 Å². The molecule has 1 N–H and O–H groups in total. The molecule has 27 heavy (non-hydrogen) atoms. The Morgan fingerprint density at radius 2 is 1.59 bits per heavy atom. The van der Waals surface area contributed by atoms with Crippen molar-refractivity contribution in [2.45, 2.75) is 23.3 Å². The SMILES string of the molecule is O=C1NCN(c2ccccc2)C12CCN(S(=O)(=O)c1ccc(Cl)cc1)CC2. The largest absolute Gasteiger partial charge is 0.339 e. The van der Waals surface area contributed by atoms with Crippen LogP contribution in [0.4, 0.5) is 5.69 Å². The number of sulfonamides is 1. The van der Waals surface area contributed by atoms with E-state index in [1.807, 2.05) is 30.3 Å². The molecule has 2 saturated heterocycles. The van der Waals surface area contributed by atoms with Gasteiger partial charge < -0.3 is 10.2 Å². The van der Waals surface area contributed by atoms with Gasteiger partial charge in [-0.25, -0.2) is 8.42 Å². The first-order chi connectivity index (χ1) is 12.9. The third kappa shape index (κ3) is 3.09. The lowest BCUT2D eigenvalue weighted by Crippen LogP contribution is -2.57. The number of hydrogen-bond acceptors (Lipinski definition) is 4. The van der Waals surface area contributed by atoms with Crippen molar-refractivity contribution in [3.05, 3.63) is 59.6 Å². The standard InChI is InChI=1S/C19H20ClN3O3S/c20-15-6-8-17(9-7-15)27(25,26)22-12-10-19(11-13-22)18(24)21-14-23(19)16-4-2-1-3-5-16/h1-9H,10-14H2,(H,21,24). The Morgan fingerprint density at radius 1 is 0.963 bits per heavy atom. The fourth-order valence-corrected chi connectivity index (χ4v) is 5.45. The summed E-state index contributed by atoms with van der Waals surface area (Å²) in [5.74, 6) is -0.0325. The van der Waals surface area contributed by atoms with Crippen LogP contribution in [0.3, 0.4) is 0 Å². The quantitative estimate of drug-likeness (QED) is 0.851. The van der Waals surface area contributed by atoms with Crippen LogP contribution in [-0.4, -0.2) is 43.9 Å². The molecule has 0 atom stereocenters. The Balaban J connectivity index is 1.57. The Labute approximate surface area is 163 Å². The van der Waals surface area contributed by atoms with Crippen LogP contribution in [0.25, 0.3) is 0 Å². The second kappa shape index (κ2) is 6.82. The number of rotatable bonds is 3. The molecule has 0 aliphatic carbocycles. The van der Waals surface area contributed by atoms with E-state index < -0.39 is 15.6 Å². The fourth-order valence-electron chi connectivity index (χ4n) is 3.88. The van der Waals surface area contributed by atoms with Crippen LogP contribution in [0.2, 0.25) is 5.02 Å². The molecule has 2 aromatic carbocycles. The molecule has 2 aliphatic rings. The predicted molar refractivity (Wildman–Crippen MR) is 104 cm³/mol. The van der Waals surface area contributed by atoms with E-state index in [9.17, 15) is 13.2 Å². The van der Waals surface area contributed by atoms with Crippen LogP contribution in [-0.2, 0) is 14.8 Å². The maximum Gasteiger partial charge on any atom is 0.247 e. The molecule has 1 amide bonds. The molecule has 1 spiro atoms. The molecule has 0 bridgehead atoms. The number of anilines is 1. The molecular formula is C19H20ClN3O3S. The Kier molecular flexibility index (Phi) is 4.61. The number of benzene rings is 2. The van der Waals surface area contributed by atoms with Crippen LogP contribution in [0.15, 0.2) is 59.5 Å². The number of nitrogens with one attached hydrogen (secondary N) is 1. The van der Waals surface area contributed by atoms with E-state index in [4.69, 9.17) is 11.6 Å². The molecule has 2 aromatic rings. The number of nitrogens with zero attached hydrogens (tertiary/aromatic N) is 2. The van der Waals surface area contributed by atoms with Gasteiger partial charge in [0.1, 0.15) is 5.54 Å². The molecule has 2 heterocycles. The second-order valence-corrected chi connectivity index (χ2v) is 9.19. The molecule has 2 aliphatic heterocycles. The van der Waals surface area contributed by atoms with Crippen molar-refractivity contribution in [1.29, 1.82) is 0 Å². The lowest BCUT2D eigenvalue weighted by atomic mass is 9.86. The lowest BCUT2D eigenvalue weighted by molar-refractivity contribution is -0.124. The number of carbonyl (C=O) groups is 1. The van der Waals surface area contributed by atoms with Gasteiger partial charge in [-0.1, -0.05) is 29.8 Å². The smallest absolute Gasteiger partial charge is 0.247 e. The zero-order chi connectivity index (χ0) is 19.1. The zero-order valence-corrected chi connectivity index (χ0v) is 16.2. The monoisotopic (exact) mass is 405 g/mol. The summed E-state index contributed by atoms with van der Waals surface area (Å²) in [6.07, 6.45) is 0.890. The average Bonchev–Trinajstić information content (AvgIpc) is 2.99.